The summed E-state index contributed by atoms with van der Waals surface area (Å²) in [5.74, 6) is 1.22. The lowest BCUT2D eigenvalue weighted by atomic mass is 9.74. The highest BCUT2D eigenvalue weighted by Crippen LogP contribution is 2.42. The Hall–Kier alpha value is -2.74. The number of rotatable bonds is 11. The Morgan fingerprint density at radius 1 is 0.978 bits per heavy atom. The molecule has 0 spiro atoms. The van der Waals surface area contributed by atoms with Crippen LogP contribution < -0.4 is 0 Å². The van der Waals surface area contributed by atoms with E-state index in [1.54, 1.807) is 13.2 Å². The number of methoxy groups -OCH3 is 1. The van der Waals surface area contributed by atoms with Gasteiger partial charge in [-0.3, -0.25) is 14.0 Å². The van der Waals surface area contributed by atoms with Gasteiger partial charge >= 0.3 is 5.97 Å². The molecule has 45 heavy (non-hydrogen) atoms. The van der Waals surface area contributed by atoms with Crippen molar-refractivity contribution in [3.63, 3.8) is 0 Å². The van der Waals surface area contributed by atoms with Crippen LogP contribution in [0.3, 0.4) is 0 Å². The lowest BCUT2D eigenvalue weighted by Gasteiger charge is -2.37. The molecular formula is C37H50FNO6. The van der Waals surface area contributed by atoms with E-state index < -0.39 is 12.0 Å². The second-order valence-corrected chi connectivity index (χ2v) is 14.5. The highest BCUT2D eigenvalue weighted by Gasteiger charge is 2.47. The summed E-state index contributed by atoms with van der Waals surface area (Å²) in [4.78, 5) is 42.8. The number of esters is 1. The van der Waals surface area contributed by atoms with Crippen LogP contribution >= 0.6 is 0 Å². The zero-order chi connectivity index (χ0) is 31.5. The van der Waals surface area contributed by atoms with Crippen molar-refractivity contribution < 1.29 is 32.7 Å². The van der Waals surface area contributed by atoms with Gasteiger partial charge in [-0.25, -0.2) is 4.79 Å². The first kappa shape index (κ1) is 32.2. The van der Waals surface area contributed by atoms with Gasteiger partial charge < -0.3 is 18.8 Å². The van der Waals surface area contributed by atoms with Gasteiger partial charge in [0, 0.05) is 31.4 Å². The molecule has 1 aromatic heterocycles. The fourth-order valence-corrected chi connectivity index (χ4v) is 8.55. The molecule has 246 valence electrons. The third-order valence-corrected chi connectivity index (χ3v) is 11.7. The molecule has 4 aliphatic rings. The SMILES string of the molecule is COC1CCC([C@@H]2CCN(C(=O)C3CCC([C@H](C)CF)CC3)[C@@H]2C(=O)Cc2ccc3oc(C(=O)OCC4CCC4)cc3c2)CC1. The number of alkyl halides is 1. The molecule has 0 bridgehead atoms. The summed E-state index contributed by atoms with van der Waals surface area (Å²) < 4.78 is 30.2. The summed E-state index contributed by atoms with van der Waals surface area (Å²) in [6, 6.07) is 6.90. The van der Waals surface area contributed by atoms with E-state index in [1.807, 2.05) is 30.0 Å². The van der Waals surface area contributed by atoms with Gasteiger partial charge in [0.1, 0.15) is 5.58 Å². The first-order valence-corrected chi connectivity index (χ1v) is 17.5. The Kier molecular flexibility index (Phi) is 10.3. The van der Waals surface area contributed by atoms with Crippen LogP contribution in [0.5, 0.6) is 0 Å². The molecular weight excluding hydrogens is 573 g/mol. The van der Waals surface area contributed by atoms with E-state index >= 15 is 0 Å². The topological polar surface area (TPSA) is 86.0 Å². The summed E-state index contributed by atoms with van der Waals surface area (Å²) in [5, 5.41) is 0.768. The average Bonchev–Trinajstić information content (AvgIpc) is 3.68. The number of furan rings is 1. The number of hydrogen-bond donors (Lipinski definition) is 0. The smallest absolute Gasteiger partial charge is 0.374 e. The van der Waals surface area contributed by atoms with Gasteiger partial charge in [-0.05, 0) is 124 Å². The maximum Gasteiger partial charge on any atom is 0.374 e. The van der Waals surface area contributed by atoms with E-state index in [-0.39, 0.29) is 54.4 Å². The Bertz CT molecular complexity index is 1340. The van der Waals surface area contributed by atoms with Crippen molar-refractivity contribution in [3.05, 3.63) is 35.6 Å². The Labute approximate surface area is 266 Å². The molecule has 4 fully saturated rings. The van der Waals surface area contributed by atoms with E-state index in [9.17, 15) is 18.8 Å². The molecule has 6 rings (SSSR count). The quantitative estimate of drug-likeness (QED) is 0.244. The number of benzene rings is 1. The molecule has 2 aromatic rings. The van der Waals surface area contributed by atoms with Gasteiger partial charge in [0.15, 0.2) is 5.78 Å². The predicted octanol–water partition coefficient (Wildman–Crippen LogP) is 7.34. The summed E-state index contributed by atoms with van der Waals surface area (Å²) in [6.45, 7) is 2.71. The Morgan fingerprint density at radius 3 is 2.40 bits per heavy atom. The van der Waals surface area contributed by atoms with Crippen molar-refractivity contribution in [3.8, 4) is 0 Å². The number of amides is 1. The number of ether oxygens (including phenoxy) is 2. The van der Waals surface area contributed by atoms with E-state index in [0.717, 1.165) is 81.6 Å². The van der Waals surface area contributed by atoms with Crippen LogP contribution in [0.2, 0.25) is 0 Å². The van der Waals surface area contributed by atoms with E-state index in [4.69, 9.17) is 13.9 Å². The van der Waals surface area contributed by atoms with Crippen LogP contribution in [0, 0.1) is 35.5 Å². The Balaban J connectivity index is 1.16. The van der Waals surface area contributed by atoms with E-state index in [0.29, 0.717) is 36.5 Å². The molecule has 1 aliphatic heterocycles. The van der Waals surface area contributed by atoms with Crippen molar-refractivity contribution in [2.75, 3.05) is 26.9 Å². The number of carbonyl (C=O) groups is 3. The summed E-state index contributed by atoms with van der Waals surface area (Å²) in [5.41, 5.74) is 1.44. The van der Waals surface area contributed by atoms with Crippen molar-refractivity contribution >= 4 is 28.6 Å². The normalized spacial score (nSPS) is 29.8. The molecule has 3 atom stereocenters. The lowest BCUT2D eigenvalue weighted by Crippen LogP contribution is -2.48. The van der Waals surface area contributed by atoms with Gasteiger partial charge in [-0.1, -0.05) is 19.4 Å². The van der Waals surface area contributed by atoms with Crippen LogP contribution in [0.4, 0.5) is 4.39 Å². The van der Waals surface area contributed by atoms with Gasteiger partial charge in [-0.2, -0.15) is 0 Å². The largest absolute Gasteiger partial charge is 0.460 e. The zero-order valence-corrected chi connectivity index (χ0v) is 27.0. The third kappa shape index (κ3) is 7.16. The predicted molar refractivity (Wildman–Crippen MR) is 169 cm³/mol. The molecule has 1 aromatic carbocycles. The van der Waals surface area contributed by atoms with Gasteiger partial charge in [0.05, 0.1) is 25.4 Å². The van der Waals surface area contributed by atoms with Crippen molar-refractivity contribution in [2.45, 2.75) is 103 Å². The molecule has 2 heterocycles. The van der Waals surface area contributed by atoms with Crippen molar-refractivity contribution in [1.29, 1.82) is 0 Å². The lowest BCUT2D eigenvalue weighted by molar-refractivity contribution is -0.143. The van der Waals surface area contributed by atoms with Crippen molar-refractivity contribution in [2.24, 2.45) is 35.5 Å². The fourth-order valence-electron chi connectivity index (χ4n) is 8.55. The fraction of sp³-hybridized carbons (Fsp3) is 0.703. The van der Waals surface area contributed by atoms with Crippen LogP contribution in [0.1, 0.15) is 100 Å². The first-order valence-electron chi connectivity index (χ1n) is 17.5. The van der Waals surface area contributed by atoms with Crippen LogP contribution in [-0.2, 0) is 25.5 Å². The van der Waals surface area contributed by atoms with Crippen LogP contribution in [-0.4, -0.2) is 61.6 Å². The molecule has 7 nitrogen and oxygen atoms in total. The minimum absolute atomic E-state index is 0.0374. The standard InChI is InChI=1S/C37H50FNO6/c1-23(21-38)26-7-9-28(10-8-26)36(41)39-17-16-31(27-11-13-30(43-2)14-12-27)35(39)32(40)19-25-6-15-33-29(18-25)20-34(45-33)37(42)44-22-24-4-3-5-24/h6,15,18,20,23-24,26-28,30-31,35H,3-5,7-14,16-17,19,21-22H2,1-2H3/t23-,26?,27?,28?,30?,31+,35+/m1/s1. The van der Waals surface area contributed by atoms with Gasteiger partial charge in [-0.15, -0.1) is 0 Å². The molecule has 0 unspecified atom stereocenters. The van der Waals surface area contributed by atoms with Crippen LogP contribution in [0.25, 0.3) is 11.0 Å². The zero-order valence-electron chi connectivity index (χ0n) is 27.0. The van der Waals surface area contributed by atoms with Crippen molar-refractivity contribution in [1.82, 2.24) is 4.90 Å². The number of nitrogens with zero attached hydrogens (tertiary/aromatic N) is 1. The number of likely N-dealkylation sites (tertiary alicyclic amines) is 1. The maximum atomic E-state index is 14.2. The number of ketones is 1. The minimum atomic E-state index is -0.449. The first-order chi connectivity index (χ1) is 21.8. The van der Waals surface area contributed by atoms with Gasteiger partial charge in [0.25, 0.3) is 0 Å². The average molecular weight is 624 g/mol. The van der Waals surface area contributed by atoms with Gasteiger partial charge in [0.2, 0.25) is 11.7 Å². The molecule has 3 aliphatic carbocycles. The van der Waals surface area contributed by atoms with E-state index in [1.165, 1.54) is 6.42 Å². The second-order valence-electron chi connectivity index (χ2n) is 14.5. The monoisotopic (exact) mass is 623 g/mol. The molecule has 1 amide bonds. The number of fused-ring (bicyclic) bond motifs is 1. The number of carbonyl (C=O) groups excluding carboxylic acids is 3. The number of halogens is 1. The molecule has 3 saturated carbocycles. The second kappa shape index (κ2) is 14.4. The summed E-state index contributed by atoms with van der Waals surface area (Å²) in [7, 11) is 1.77. The summed E-state index contributed by atoms with van der Waals surface area (Å²) in [6.07, 6.45) is 12.1. The van der Waals surface area contributed by atoms with Crippen LogP contribution in [0.15, 0.2) is 28.7 Å². The van der Waals surface area contributed by atoms with E-state index in [2.05, 4.69) is 0 Å². The maximum absolute atomic E-state index is 14.2. The third-order valence-electron chi connectivity index (χ3n) is 11.7. The highest BCUT2D eigenvalue weighted by molar-refractivity contribution is 5.94. The highest BCUT2D eigenvalue weighted by atomic mass is 19.1. The number of hydrogen-bond acceptors (Lipinski definition) is 6. The molecule has 0 N–H and O–H groups in total. The molecule has 1 saturated heterocycles. The molecule has 0 radical (unpaired) electrons. The Morgan fingerprint density at radius 2 is 1.73 bits per heavy atom. The number of Topliss-reactive ketones (excluding diaryl/α,β-unsaturated/α-hetero) is 1. The minimum Gasteiger partial charge on any atom is -0.460 e. The molecule has 8 heteroatoms. The summed E-state index contributed by atoms with van der Waals surface area (Å²) >= 11 is 0.